The zero-order valence-corrected chi connectivity index (χ0v) is 32.5. The number of allylic oxidation sites excluding steroid dienone is 1. The highest BCUT2D eigenvalue weighted by molar-refractivity contribution is 7.25. The molecule has 1 aliphatic rings. The van der Waals surface area contributed by atoms with Crippen molar-refractivity contribution in [3.05, 3.63) is 205 Å². The first kappa shape index (κ1) is 33.6. The Labute approximate surface area is 337 Å². The van der Waals surface area contributed by atoms with Crippen molar-refractivity contribution in [3.63, 3.8) is 0 Å². The highest BCUT2D eigenvalue weighted by Gasteiger charge is 2.17. The molecule has 0 aliphatic heterocycles. The van der Waals surface area contributed by atoms with E-state index in [1.54, 1.807) is 0 Å². The Hall–Kier alpha value is -6.74. The fourth-order valence-corrected chi connectivity index (χ4v) is 10.0. The first-order valence-corrected chi connectivity index (χ1v) is 20.7. The average molecular weight is 746 g/mol. The van der Waals surface area contributed by atoms with Crippen LogP contribution in [0.1, 0.15) is 30.4 Å². The summed E-state index contributed by atoms with van der Waals surface area (Å²) in [7, 11) is 0. The van der Waals surface area contributed by atoms with Crippen molar-refractivity contribution in [1.82, 2.24) is 0 Å². The normalized spacial score (nSPS) is 13.7. The van der Waals surface area contributed by atoms with Crippen LogP contribution >= 0.6 is 11.3 Å². The number of hydrogen-bond acceptors (Lipinski definition) is 2. The molecule has 0 N–H and O–H groups in total. The zero-order chi connectivity index (χ0) is 37.9. The van der Waals surface area contributed by atoms with Gasteiger partial charge in [-0.2, -0.15) is 0 Å². The van der Waals surface area contributed by atoms with Gasteiger partial charge in [-0.05, 0) is 139 Å². The summed E-state index contributed by atoms with van der Waals surface area (Å²) in [6.07, 6.45) is 5.75. The average Bonchev–Trinajstić information content (AvgIpc) is 3.65. The molecule has 270 valence electrons. The van der Waals surface area contributed by atoms with E-state index in [4.69, 9.17) is 0 Å². The third-order valence-electron chi connectivity index (χ3n) is 11.9. The Morgan fingerprint density at radius 1 is 0.439 bits per heavy atom. The Kier molecular flexibility index (Phi) is 8.12. The van der Waals surface area contributed by atoms with E-state index < -0.39 is 0 Å². The zero-order valence-electron chi connectivity index (χ0n) is 31.7. The lowest BCUT2D eigenvalue weighted by Gasteiger charge is -2.26. The van der Waals surface area contributed by atoms with Gasteiger partial charge in [0.2, 0.25) is 0 Å². The summed E-state index contributed by atoms with van der Waals surface area (Å²) >= 11 is 1.86. The van der Waals surface area contributed by atoms with Crippen LogP contribution in [0.15, 0.2) is 194 Å². The fourth-order valence-electron chi connectivity index (χ4n) is 8.93. The van der Waals surface area contributed by atoms with Crippen molar-refractivity contribution in [2.45, 2.75) is 19.3 Å². The van der Waals surface area contributed by atoms with Gasteiger partial charge in [-0.1, -0.05) is 146 Å². The summed E-state index contributed by atoms with van der Waals surface area (Å²) in [4.78, 5) is 2.39. The van der Waals surface area contributed by atoms with Crippen LogP contribution in [-0.2, 0) is 0 Å². The SMILES string of the molecule is CC1CC=Cc2c1ccc1cc(-c3ccc(N(c4ccc(-c5ccc6sc7ccccc7c6c5)cc4)c4cccc(-c5cccc6ccccc56)c4)cc3)ccc21. The van der Waals surface area contributed by atoms with E-state index in [9.17, 15) is 0 Å². The molecule has 9 aromatic carbocycles. The van der Waals surface area contributed by atoms with Crippen LogP contribution in [0.2, 0.25) is 0 Å². The summed E-state index contributed by atoms with van der Waals surface area (Å²) in [5.41, 5.74) is 13.5. The third kappa shape index (κ3) is 5.93. The molecule has 57 heavy (non-hydrogen) atoms. The minimum Gasteiger partial charge on any atom is -0.310 e. The van der Waals surface area contributed by atoms with Crippen LogP contribution in [0.4, 0.5) is 17.1 Å². The summed E-state index contributed by atoms with van der Waals surface area (Å²) < 4.78 is 2.66. The van der Waals surface area contributed by atoms with Crippen LogP contribution in [0.3, 0.4) is 0 Å². The summed E-state index contributed by atoms with van der Waals surface area (Å²) in [6.45, 7) is 2.33. The number of fused-ring (bicyclic) bond motifs is 7. The molecular formula is C55H39NS. The van der Waals surface area contributed by atoms with Crippen molar-refractivity contribution in [1.29, 1.82) is 0 Å². The largest absolute Gasteiger partial charge is 0.310 e. The molecule has 1 atom stereocenters. The second kappa shape index (κ2) is 13.8. The maximum absolute atomic E-state index is 2.39. The standard InChI is InChI=1S/C55H39NS/c1-36-9-6-17-51-47(36)30-24-43-33-40(23-31-50(43)51)37-19-26-44(27-20-37)56(46-13-7-12-42(34-46)49-16-8-11-39-10-2-3-14-48(39)49)45-28-21-38(22-29-45)41-25-32-55-53(35-41)52-15-4-5-18-54(52)57-55/h2-8,10-36H,9H2,1H3. The van der Waals surface area contributed by atoms with E-state index in [1.165, 1.54) is 86.2 Å². The van der Waals surface area contributed by atoms with Crippen LogP contribution in [0.5, 0.6) is 0 Å². The Balaban J connectivity index is 0.989. The maximum atomic E-state index is 2.39. The van der Waals surface area contributed by atoms with Crippen LogP contribution in [0.25, 0.3) is 81.2 Å². The molecule has 10 aromatic rings. The van der Waals surface area contributed by atoms with Gasteiger partial charge in [-0.3, -0.25) is 0 Å². The molecule has 0 bridgehead atoms. The highest BCUT2D eigenvalue weighted by atomic mass is 32.1. The van der Waals surface area contributed by atoms with Crippen LogP contribution in [-0.4, -0.2) is 0 Å². The molecule has 1 aliphatic carbocycles. The Morgan fingerprint density at radius 3 is 1.93 bits per heavy atom. The lowest BCUT2D eigenvalue weighted by Crippen LogP contribution is -2.10. The molecule has 1 heterocycles. The molecule has 0 radical (unpaired) electrons. The van der Waals surface area contributed by atoms with E-state index in [0.29, 0.717) is 5.92 Å². The van der Waals surface area contributed by atoms with Gasteiger partial charge >= 0.3 is 0 Å². The van der Waals surface area contributed by atoms with E-state index in [0.717, 1.165) is 23.5 Å². The van der Waals surface area contributed by atoms with Crippen molar-refractivity contribution in [3.8, 4) is 33.4 Å². The van der Waals surface area contributed by atoms with Gasteiger partial charge in [-0.15, -0.1) is 11.3 Å². The molecule has 1 unspecified atom stereocenters. The lowest BCUT2D eigenvalue weighted by atomic mass is 9.85. The topological polar surface area (TPSA) is 3.24 Å². The predicted octanol–water partition coefficient (Wildman–Crippen LogP) is 16.4. The lowest BCUT2D eigenvalue weighted by molar-refractivity contribution is 0.773. The van der Waals surface area contributed by atoms with Crippen molar-refractivity contribution >= 4 is 76.2 Å². The van der Waals surface area contributed by atoms with Gasteiger partial charge in [0.1, 0.15) is 0 Å². The summed E-state index contributed by atoms with van der Waals surface area (Å²) in [6, 6.07) is 69.5. The monoisotopic (exact) mass is 745 g/mol. The molecule has 0 fully saturated rings. The second-order valence-electron chi connectivity index (χ2n) is 15.4. The van der Waals surface area contributed by atoms with Crippen molar-refractivity contribution in [2.75, 3.05) is 4.90 Å². The Bertz CT molecular complexity index is 3160. The first-order chi connectivity index (χ1) is 28.1. The van der Waals surface area contributed by atoms with Crippen molar-refractivity contribution < 1.29 is 0 Å². The summed E-state index contributed by atoms with van der Waals surface area (Å²) in [5.74, 6) is 0.560. The highest BCUT2D eigenvalue weighted by Crippen LogP contribution is 2.42. The molecule has 0 saturated carbocycles. The molecule has 11 rings (SSSR count). The smallest absolute Gasteiger partial charge is 0.0467 e. The van der Waals surface area contributed by atoms with E-state index in [1.807, 2.05) is 11.3 Å². The molecular weight excluding hydrogens is 707 g/mol. The van der Waals surface area contributed by atoms with Gasteiger partial charge in [-0.25, -0.2) is 0 Å². The van der Waals surface area contributed by atoms with Gasteiger partial charge in [0.05, 0.1) is 0 Å². The quantitative estimate of drug-likeness (QED) is 0.164. The molecule has 1 aromatic heterocycles. The van der Waals surface area contributed by atoms with E-state index in [2.05, 4.69) is 212 Å². The van der Waals surface area contributed by atoms with Crippen molar-refractivity contribution in [2.24, 2.45) is 0 Å². The van der Waals surface area contributed by atoms with Crippen LogP contribution < -0.4 is 4.90 Å². The fraction of sp³-hybridized carbons (Fsp3) is 0.0545. The molecule has 0 saturated heterocycles. The number of benzene rings is 9. The molecule has 1 nitrogen and oxygen atoms in total. The van der Waals surface area contributed by atoms with E-state index in [-0.39, 0.29) is 0 Å². The van der Waals surface area contributed by atoms with Gasteiger partial charge in [0.25, 0.3) is 0 Å². The first-order valence-electron chi connectivity index (χ1n) is 19.9. The molecule has 2 heteroatoms. The number of rotatable bonds is 6. The van der Waals surface area contributed by atoms with Gasteiger partial charge in [0.15, 0.2) is 0 Å². The molecule has 0 spiro atoms. The number of thiophene rings is 1. The van der Waals surface area contributed by atoms with E-state index >= 15 is 0 Å². The van der Waals surface area contributed by atoms with Crippen LogP contribution in [0, 0.1) is 0 Å². The second-order valence-corrected chi connectivity index (χ2v) is 16.4. The maximum Gasteiger partial charge on any atom is 0.0467 e. The molecule has 0 amide bonds. The number of anilines is 3. The number of hydrogen-bond donors (Lipinski definition) is 0. The minimum atomic E-state index is 0.560. The summed E-state index contributed by atoms with van der Waals surface area (Å²) in [5, 5.41) is 7.77. The minimum absolute atomic E-state index is 0.560. The predicted molar refractivity (Wildman–Crippen MR) is 247 cm³/mol. The number of nitrogens with zero attached hydrogens (tertiary/aromatic N) is 1. The van der Waals surface area contributed by atoms with Gasteiger partial charge < -0.3 is 4.90 Å². The Morgan fingerprint density at radius 2 is 1.11 bits per heavy atom. The van der Waals surface area contributed by atoms with Gasteiger partial charge in [0, 0.05) is 37.2 Å². The third-order valence-corrected chi connectivity index (χ3v) is 13.1.